The van der Waals surface area contributed by atoms with E-state index in [0.29, 0.717) is 31.6 Å². The quantitative estimate of drug-likeness (QED) is 0.474. The largest absolute Gasteiger partial charge is 0.398 e. The van der Waals surface area contributed by atoms with Crippen molar-refractivity contribution >= 4 is 17.5 Å². The molecule has 7 nitrogen and oxygen atoms in total. The zero-order chi connectivity index (χ0) is 23.8. The van der Waals surface area contributed by atoms with Crippen molar-refractivity contribution in [1.82, 2.24) is 21.1 Å². The number of allylic oxidation sites excluding steroid dienone is 1. The van der Waals surface area contributed by atoms with Crippen LogP contribution < -0.4 is 21.8 Å². The second-order valence-electron chi connectivity index (χ2n) is 8.21. The first-order chi connectivity index (χ1) is 15.9. The molecule has 0 saturated carbocycles. The van der Waals surface area contributed by atoms with Crippen molar-refractivity contribution in [3.8, 4) is 0 Å². The lowest BCUT2D eigenvalue weighted by molar-refractivity contribution is -0.120. The molecule has 2 aromatic carbocycles. The van der Waals surface area contributed by atoms with E-state index in [1.807, 2.05) is 66.7 Å². The lowest BCUT2D eigenvalue weighted by atomic mass is 10.0. The predicted octanol–water partition coefficient (Wildman–Crippen LogP) is 2.60. The van der Waals surface area contributed by atoms with Crippen LogP contribution in [0.5, 0.6) is 0 Å². The van der Waals surface area contributed by atoms with E-state index < -0.39 is 0 Å². The molecule has 2 amide bonds. The summed E-state index contributed by atoms with van der Waals surface area (Å²) in [4.78, 5) is 24.1. The van der Waals surface area contributed by atoms with Crippen LogP contribution in [0.25, 0.3) is 5.70 Å². The Bertz CT molecular complexity index is 1040. The maximum atomic E-state index is 12.6. The number of carbonyl (C=O) groups excluding carboxylic acids is 2. The van der Waals surface area contributed by atoms with Crippen LogP contribution in [0.3, 0.4) is 0 Å². The zero-order valence-electron chi connectivity index (χ0n) is 19.6. The molecule has 0 aromatic heterocycles. The SMILES string of the molecule is CC/C(C)=C(\N)c1ccc(CNC(=O)C2=CN(Cc3ccc(CC(=O)NC)cc3)NC2)cc1. The Kier molecular flexibility index (Phi) is 8.27. The van der Waals surface area contributed by atoms with E-state index in [9.17, 15) is 9.59 Å². The number of hydrogen-bond donors (Lipinski definition) is 4. The first-order valence-electron chi connectivity index (χ1n) is 11.2. The maximum Gasteiger partial charge on any atom is 0.250 e. The number of amides is 2. The summed E-state index contributed by atoms with van der Waals surface area (Å²) in [6, 6.07) is 15.9. The van der Waals surface area contributed by atoms with Gasteiger partial charge in [-0.1, -0.05) is 61.0 Å². The molecule has 3 rings (SSSR count). The molecule has 0 atom stereocenters. The normalized spacial score (nSPS) is 13.9. The van der Waals surface area contributed by atoms with Gasteiger partial charge in [0.1, 0.15) is 0 Å². The number of rotatable bonds is 9. The van der Waals surface area contributed by atoms with Gasteiger partial charge in [-0.2, -0.15) is 0 Å². The molecule has 0 radical (unpaired) electrons. The Labute approximate surface area is 195 Å². The fraction of sp³-hybridized carbons (Fsp3) is 0.308. The Balaban J connectivity index is 1.51. The molecule has 33 heavy (non-hydrogen) atoms. The Morgan fingerprint density at radius 3 is 2.30 bits per heavy atom. The summed E-state index contributed by atoms with van der Waals surface area (Å²) >= 11 is 0. The highest BCUT2D eigenvalue weighted by Crippen LogP contribution is 2.17. The van der Waals surface area contributed by atoms with Crippen molar-refractivity contribution in [2.75, 3.05) is 13.6 Å². The van der Waals surface area contributed by atoms with Crippen LogP contribution in [0, 0.1) is 0 Å². The highest BCUT2D eigenvalue weighted by molar-refractivity contribution is 5.94. The van der Waals surface area contributed by atoms with Crippen LogP contribution in [0.15, 0.2) is 65.9 Å². The van der Waals surface area contributed by atoms with E-state index in [0.717, 1.165) is 34.4 Å². The van der Waals surface area contributed by atoms with Gasteiger partial charge in [0.05, 0.1) is 13.0 Å². The lowest BCUT2D eigenvalue weighted by Crippen LogP contribution is -2.30. The molecular weight excluding hydrogens is 414 g/mol. The van der Waals surface area contributed by atoms with E-state index in [4.69, 9.17) is 5.73 Å². The van der Waals surface area contributed by atoms with Gasteiger partial charge >= 0.3 is 0 Å². The second-order valence-corrected chi connectivity index (χ2v) is 8.21. The molecule has 1 aliphatic rings. The second kappa shape index (κ2) is 11.3. The van der Waals surface area contributed by atoms with Gasteiger partial charge in [0.25, 0.3) is 0 Å². The molecule has 0 bridgehead atoms. The number of hydrazine groups is 1. The van der Waals surface area contributed by atoms with Crippen molar-refractivity contribution in [1.29, 1.82) is 0 Å². The van der Waals surface area contributed by atoms with Crippen molar-refractivity contribution in [2.45, 2.75) is 39.8 Å². The summed E-state index contributed by atoms with van der Waals surface area (Å²) in [5.41, 5.74) is 16.2. The van der Waals surface area contributed by atoms with Gasteiger partial charge in [-0.15, -0.1) is 0 Å². The molecule has 0 aliphatic carbocycles. The molecule has 1 aliphatic heterocycles. The molecule has 5 N–H and O–H groups in total. The topological polar surface area (TPSA) is 99.5 Å². The molecule has 0 fully saturated rings. The summed E-state index contributed by atoms with van der Waals surface area (Å²) in [5.74, 6) is -0.0951. The fourth-order valence-corrected chi connectivity index (χ4v) is 3.47. The predicted molar refractivity (Wildman–Crippen MR) is 131 cm³/mol. The van der Waals surface area contributed by atoms with Gasteiger partial charge in [-0.3, -0.25) is 9.59 Å². The minimum atomic E-state index is -0.0868. The van der Waals surface area contributed by atoms with E-state index >= 15 is 0 Å². The van der Waals surface area contributed by atoms with Gasteiger partial charge in [0, 0.05) is 37.6 Å². The minimum absolute atomic E-state index is 0.00829. The summed E-state index contributed by atoms with van der Waals surface area (Å²) in [6.07, 6.45) is 3.14. The van der Waals surface area contributed by atoms with Gasteiger partial charge in [0.15, 0.2) is 0 Å². The molecular formula is C26H33N5O2. The smallest absolute Gasteiger partial charge is 0.250 e. The van der Waals surface area contributed by atoms with Crippen LogP contribution in [-0.2, 0) is 29.1 Å². The van der Waals surface area contributed by atoms with Crippen LogP contribution in [0.1, 0.15) is 42.5 Å². The van der Waals surface area contributed by atoms with Gasteiger partial charge in [-0.05, 0) is 35.6 Å². The number of benzene rings is 2. The van der Waals surface area contributed by atoms with Crippen LogP contribution >= 0.6 is 0 Å². The first-order valence-corrected chi connectivity index (χ1v) is 11.2. The summed E-state index contributed by atoms with van der Waals surface area (Å²) in [5, 5.41) is 7.52. The Morgan fingerprint density at radius 2 is 1.67 bits per heavy atom. The average Bonchev–Trinajstić information content (AvgIpc) is 3.31. The minimum Gasteiger partial charge on any atom is -0.398 e. The highest BCUT2D eigenvalue weighted by Gasteiger charge is 2.18. The molecule has 0 spiro atoms. The number of hydrogen-bond acceptors (Lipinski definition) is 5. The van der Waals surface area contributed by atoms with Crippen LogP contribution in [0.2, 0.25) is 0 Å². The van der Waals surface area contributed by atoms with Gasteiger partial charge < -0.3 is 21.4 Å². The highest BCUT2D eigenvalue weighted by atomic mass is 16.2. The fourth-order valence-electron chi connectivity index (χ4n) is 3.47. The maximum absolute atomic E-state index is 12.6. The third kappa shape index (κ3) is 6.70. The van der Waals surface area contributed by atoms with E-state index in [2.05, 4.69) is 23.0 Å². The molecule has 1 heterocycles. The van der Waals surface area contributed by atoms with Crippen LogP contribution in [-0.4, -0.2) is 30.4 Å². The summed E-state index contributed by atoms with van der Waals surface area (Å²) in [6.45, 7) is 5.70. The van der Waals surface area contributed by atoms with Crippen molar-refractivity contribution in [2.24, 2.45) is 5.73 Å². The third-order valence-electron chi connectivity index (χ3n) is 5.80. The number of nitrogens with zero attached hydrogens (tertiary/aromatic N) is 1. The Hall–Kier alpha value is -3.58. The van der Waals surface area contributed by atoms with Gasteiger partial charge in [-0.25, -0.2) is 5.43 Å². The third-order valence-corrected chi connectivity index (χ3v) is 5.80. The molecule has 2 aromatic rings. The van der Waals surface area contributed by atoms with E-state index in [1.165, 1.54) is 5.57 Å². The number of nitrogens with one attached hydrogen (secondary N) is 3. The molecule has 174 valence electrons. The van der Waals surface area contributed by atoms with Crippen molar-refractivity contribution in [3.05, 3.63) is 88.1 Å². The van der Waals surface area contributed by atoms with Crippen molar-refractivity contribution < 1.29 is 9.59 Å². The molecule has 0 unspecified atom stereocenters. The molecule has 7 heteroatoms. The van der Waals surface area contributed by atoms with Crippen LogP contribution in [0.4, 0.5) is 0 Å². The standard InChI is InChI=1S/C26H33N5O2/c1-4-18(2)25(27)22-11-9-20(10-12-22)14-29-26(33)23-15-30-31(17-23)16-21-7-5-19(6-8-21)13-24(32)28-3/h5-12,17,30H,4,13-16,27H2,1-3H3,(H,28,32)(H,29,33)/b25-18-. The summed E-state index contributed by atoms with van der Waals surface area (Å²) in [7, 11) is 1.63. The van der Waals surface area contributed by atoms with E-state index in [1.54, 1.807) is 7.05 Å². The molecule has 0 saturated heterocycles. The monoisotopic (exact) mass is 447 g/mol. The summed E-state index contributed by atoms with van der Waals surface area (Å²) < 4.78 is 0. The average molecular weight is 448 g/mol. The zero-order valence-corrected chi connectivity index (χ0v) is 19.6. The number of carbonyl (C=O) groups is 2. The van der Waals surface area contributed by atoms with Gasteiger partial charge in [0.2, 0.25) is 11.8 Å². The number of nitrogens with two attached hydrogens (primary N) is 1. The number of likely N-dealkylation sites (N-methyl/N-ethyl adjacent to an activating group) is 1. The first kappa shape index (κ1) is 24.1. The van der Waals surface area contributed by atoms with E-state index in [-0.39, 0.29) is 11.8 Å². The Morgan fingerprint density at radius 1 is 1.03 bits per heavy atom. The lowest BCUT2D eigenvalue weighted by Gasteiger charge is -2.15. The van der Waals surface area contributed by atoms with Crippen molar-refractivity contribution in [3.63, 3.8) is 0 Å².